The first-order valence-electron chi connectivity index (χ1n) is 16.9. The number of esters is 6. The summed E-state index contributed by atoms with van der Waals surface area (Å²) < 4.78 is 39.9. The van der Waals surface area contributed by atoms with E-state index in [1.807, 2.05) is 0 Å². The minimum absolute atomic E-state index is 0.299. The second kappa shape index (κ2) is 19.8. The Morgan fingerprint density at radius 2 is 0.571 bits per heavy atom. The minimum Gasteiger partial charge on any atom is -0.465 e. The summed E-state index contributed by atoms with van der Waals surface area (Å²) in [6, 6.07) is 0. The zero-order valence-electron chi connectivity index (χ0n) is 32.3. The van der Waals surface area contributed by atoms with Gasteiger partial charge in [-0.15, -0.1) is 0 Å². The van der Waals surface area contributed by atoms with Crippen LogP contribution < -0.4 is 0 Å². The highest BCUT2D eigenvalue weighted by Crippen LogP contribution is 2.29. The van der Waals surface area contributed by atoms with Crippen LogP contribution in [0.15, 0.2) is 0 Å². The number of rotatable bonds is 20. The molecule has 0 amide bonds. The van der Waals surface area contributed by atoms with Crippen LogP contribution in [0.2, 0.25) is 0 Å². The zero-order chi connectivity index (χ0) is 38.4. The Hall–Kier alpha value is -3.22. The van der Waals surface area contributed by atoms with Crippen LogP contribution in [0.5, 0.6) is 0 Å². The summed E-state index contributed by atoms with van der Waals surface area (Å²) in [7, 11) is 0. The van der Waals surface area contributed by atoms with E-state index >= 15 is 0 Å². The molecule has 0 aromatic rings. The molecule has 49 heavy (non-hydrogen) atoms. The van der Waals surface area contributed by atoms with E-state index in [4.69, 9.17) is 33.2 Å². The molecule has 13 heteroatoms. The molecule has 0 bridgehead atoms. The van der Waals surface area contributed by atoms with Gasteiger partial charge in [-0.1, -0.05) is 55.4 Å². The Labute approximate surface area is 292 Å². The minimum atomic E-state index is -1.38. The predicted molar refractivity (Wildman–Crippen MR) is 180 cm³/mol. The molecule has 0 aromatic carbocycles. The quantitative estimate of drug-likeness (QED) is 0.124. The molecule has 0 atom stereocenters. The van der Waals surface area contributed by atoms with Crippen molar-refractivity contribution in [2.75, 3.05) is 52.9 Å². The number of ether oxygens (including phenoxy) is 7. The van der Waals surface area contributed by atoms with E-state index < -0.39 is 81.1 Å². The van der Waals surface area contributed by atoms with Gasteiger partial charge in [-0.3, -0.25) is 28.8 Å². The lowest BCUT2D eigenvalue weighted by molar-refractivity contribution is -0.181. The summed E-state index contributed by atoms with van der Waals surface area (Å²) in [6.07, 6.45) is 0. The third-order valence-corrected chi connectivity index (χ3v) is 7.03. The number of hydrogen-bond donors (Lipinski definition) is 0. The number of carbonyl (C=O) groups is 6. The summed E-state index contributed by atoms with van der Waals surface area (Å²) >= 11 is 0. The number of hydrogen-bond acceptors (Lipinski definition) is 13. The van der Waals surface area contributed by atoms with E-state index in [9.17, 15) is 28.8 Å². The lowest BCUT2D eigenvalue weighted by Gasteiger charge is -2.36. The lowest BCUT2D eigenvalue weighted by atomic mass is 9.89. The Bertz CT molecular complexity index is 973. The average molecular weight is 703 g/mol. The molecule has 284 valence electrons. The largest absolute Gasteiger partial charge is 0.465 e. The van der Waals surface area contributed by atoms with Gasteiger partial charge < -0.3 is 33.2 Å². The summed E-state index contributed by atoms with van der Waals surface area (Å²) in [5, 5.41) is 0. The van der Waals surface area contributed by atoms with Gasteiger partial charge >= 0.3 is 35.8 Å². The van der Waals surface area contributed by atoms with Gasteiger partial charge in [0.15, 0.2) is 0 Å². The molecule has 0 aliphatic carbocycles. The predicted octanol–water partition coefficient (Wildman–Crippen LogP) is 4.95. The van der Waals surface area contributed by atoms with Gasteiger partial charge in [0.05, 0.1) is 58.5 Å². The van der Waals surface area contributed by atoms with Crippen molar-refractivity contribution in [2.45, 2.75) is 96.9 Å². The normalized spacial score (nSPS) is 12.6. The first-order valence-corrected chi connectivity index (χ1v) is 16.9. The van der Waals surface area contributed by atoms with Crippen LogP contribution in [-0.2, 0) is 61.9 Å². The van der Waals surface area contributed by atoms with E-state index in [1.54, 1.807) is 96.9 Å². The van der Waals surface area contributed by atoms with Crippen molar-refractivity contribution in [2.24, 2.45) is 45.3 Å². The maximum absolute atomic E-state index is 12.9. The maximum atomic E-state index is 12.9. The van der Waals surface area contributed by atoms with Crippen LogP contribution in [0.25, 0.3) is 0 Å². The summed E-state index contributed by atoms with van der Waals surface area (Å²) in [5.41, 5.74) is -4.51. The van der Waals surface area contributed by atoms with Gasteiger partial charge in [0.1, 0.15) is 39.6 Å². The molecule has 13 nitrogen and oxygen atoms in total. The van der Waals surface area contributed by atoms with E-state index in [2.05, 4.69) is 0 Å². The van der Waals surface area contributed by atoms with Crippen LogP contribution in [0, 0.1) is 45.3 Å². The van der Waals surface area contributed by atoms with Crippen LogP contribution in [0.1, 0.15) is 96.9 Å². The van der Waals surface area contributed by atoms with E-state index in [-0.39, 0.29) is 52.9 Å². The SMILES string of the molecule is CC(C)C(=O)OCC(COCC(COC(=O)C(C)C)(COC(=O)C(C)C)COC(=O)C(C)(C)C)(COC(=O)C(C)C)COC(=O)C(C)(C)C. The Morgan fingerprint density at radius 3 is 0.755 bits per heavy atom. The molecule has 0 unspecified atom stereocenters. The van der Waals surface area contributed by atoms with Crippen molar-refractivity contribution >= 4 is 35.8 Å². The van der Waals surface area contributed by atoms with Crippen molar-refractivity contribution in [3.05, 3.63) is 0 Å². The van der Waals surface area contributed by atoms with Gasteiger partial charge in [0.25, 0.3) is 0 Å². The highest BCUT2D eigenvalue weighted by atomic mass is 16.6. The zero-order valence-corrected chi connectivity index (χ0v) is 32.3. The first kappa shape index (κ1) is 45.8. The Balaban J connectivity index is 6.80. The molecule has 0 N–H and O–H groups in total. The third-order valence-electron chi connectivity index (χ3n) is 7.03. The van der Waals surface area contributed by atoms with Crippen LogP contribution in [0.3, 0.4) is 0 Å². The fraction of sp³-hybridized carbons (Fsp3) is 0.833. The first-order chi connectivity index (χ1) is 22.3. The fourth-order valence-corrected chi connectivity index (χ4v) is 3.42. The van der Waals surface area contributed by atoms with Gasteiger partial charge in [-0.05, 0) is 41.5 Å². The van der Waals surface area contributed by atoms with Crippen LogP contribution >= 0.6 is 0 Å². The van der Waals surface area contributed by atoms with E-state index in [0.717, 1.165) is 0 Å². The van der Waals surface area contributed by atoms with Crippen molar-refractivity contribution < 1.29 is 61.9 Å². The van der Waals surface area contributed by atoms with Crippen molar-refractivity contribution in [3.63, 3.8) is 0 Å². The molecule has 0 heterocycles. The molecule has 0 radical (unpaired) electrons. The van der Waals surface area contributed by atoms with Gasteiger partial charge in [-0.25, -0.2) is 0 Å². The van der Waals surface area contributed by atoms with E-state index in [0.29, 0.717) is 0 Å². The molecule has 0 aromatic heterocycles. The standard InChI is InChI=1S/C36H62O13/c1-23(2)27(37)44-17-35(18-45-28(38)24(3)4,21-48-31(41)33(9,10)11)15-43-16-36(19-46-29(39)25(5)6,20-47-30(40)26(7)8)22-49-32(42)34(12,13)14/h23-26H,15-22H2,1-14H3. The lowest BCUT2D eigenvalue weighted by Crippen LogP contribution is -2.48. The highest BCUT2D eigenvalue weighted by Gasteiger charge is 2.42. The molecule has 0 saturated carbocycles. The second-order valence-corrected chi connectivity index (χ2v) is 16.2. The van der Waals surface area contributed by atoms with Crippen LogP contribution in [-0.4, -0.2) is 88.7 Å². The fourth-order valence-electron chi connectivity index (χ4n) is 3.42. The highest BCUT2D eigenvalue weighted by molar-refractivity contribution is 5.76. The molecule has 0 spiro atoms. The molecule has 0 saturated heterocycles. The summed E-state index contributed by atoms with van der Waals surface area (Å²) in [6.45, 7) is 20.6. The Kier molecular flexibility index (Phi) is 18.5. The van der Waals surface area contributed by atoms with Gasteiger partial charge in [0.2, 0.25) is 0 Å². The Morgan fingerprint density at radius 1 is 0.367 bits per heavy atom. The van der Waals surface area contributed by atoms with Gasteiger partial charge in [-0.2, -0.15) is 0 Å². The smallest absolute Gasteiger partial charge is 0.311 e. The topological polar surface area (TPSA) is 167 Å². The van der Waals surface area contributed by atoms with Gasteiger partial charge in [0, 0.05) is 0 Å². The molecule has 0 aliphatic rings. The average Bonchev–Trinajstić information content (AvgIpc) is 2.99. The van der Waals surface area contributed by atoms with Crippen molar-refractivity contribution in [1.29, 1.82) is 0 Å². The second-order valence-electron chi connectivity index (χ2n) is 16.2. The van der Waals surface area contributed by atoms with Crippen molar-refractivity contribution in [3.8, 4) is 0 Å². The van der Waals surface area contributed by atoms with Crippen LogP contribution in [0.4, 0.5) is 0 Å². The maximum Gasteiger partial charge on any atom is 0.311 e. The van der Waals surface area contributed by atoms with E-state index in [1.165, 1.54) is 0 Å². The molecule has 0 fully saturated rings. The third kappa shape index (κ3) is 17.3. The molecular weight excluding hydrogens is 640 g/mol. The molecule has 0 rings (SSSR count). The monoisotopic (exact) mass is 702 g/mol. The molecular formula is C36H62O13. The number of carbonyl (C=O) groups excluding carboxylic acids is 6. The van der Waals surface area contributed by atoms with Crippen molar-refractivity contribution in [1.82, 2.24) is 0 Å². The molecule has 0 aliphatic heterocycles. The summed E-state index contributed by atoms with van der Waals surface area (Å²) in [5.74, 6) is -5.17. The summed E-state index contributed by atoms with van der Waals surface area (Å²) in [4.78, 5) is 76.0.